The van der Waals surface area contributed by atoms with Gasteiger partial charge in [0.25, 0.3) is 0 Å². The number of hydrogen-bond donors (Lipinski definition) is 0. The zero-order valence-electron chi connectivity index (χ0n) is 8.54. The molecule has 0 saturated heterocycles. The van der Waals surface area contributed by atoms with Gasteiger partial charge in [-0.3, -0.25) is 4.79 Å². The number of hydrogen-bond acceptors (Lipinski definition) is 3. The fourth-order valence-electron chi connectivity index (χ4n) is 1.22. The molecule has 0 atom stereocenters. The molecule has 1 rings (SSSR count). The maximum Gasteiger partial charge on any atom is 0.409 e. The Kier molecular flexibility index (Phi) is 3.86. The zero-order valence-corrected chi connectivity index (χ0v) is 9.30. The number of carbonyl (C=O) groups is 2. The highest BCUT2D eigenvalue weighted by molar-refractivity contribution is 6.61. The Balaban J connectivity index is 3.13. The fraction of sp³-hybridized carbons (Fsp3) is 0.273. The highest BCUT2D eigenvalue weighted by atomic mass is 35.5. The van der Waals surface area contributed by atoms with E-state index in [2.05, 4.69) is 0 Å². The van der Waals surface area contributed by atoms with Crippen molar-refractivity contribution in [3.05, 3.63) is 29.3 Å². The smallest absolute Gasteiger partial charge is 0.409 e. The molecule has 0 heterocycles. The Morgan fingerprint density at radius 1 is 1.40 bits per heavy atom. The van der Waals surface area contributed by atoms with Gasteiger partial charge in [0.2, 0.25) is 0 Å². The Labute approximate surface area is 93.0 Å². The average molecular weight is 227 g/mol. The molecule has 3 nitrogen and oxygen atoms in total. The standard InChI is InChI=1S/C11H11ClO3/c1-3-9(13)8-5-4-7(2)6-10(8)15-11(12)14/h4-6H,3H2,1-2H3. The highest BCUT2D eigenvalue weighted by Gasteiger charge is 2.12. The lowest BCUT2D eigenvalue weighted by Crippen LogP contribution is -2.04. The fourth-order valence-corrected chi connectivity index (χ4v) is 1.30. The van der Waals surface area contributed by atoms with E-state index in [9.17, 15) is 9.59 Å². The van der Waals surface area contributed by atoms with E-state index in [1.807, 2.05) is 6.92 Å². The Morgan fingerprint density at radius 2 is 2.07 bits per heavy atom. The maximum atomic E-state index is 11.5. The number of benzene rings is 1. The predicted molar refractivity (Wildman–Crippen MR) is 57.7 cm³/mol. The van der Waals surface area contributed by atoms with E-state index in [4.69, 9.17) is 16.3 Å². The number of ether oxygens (including phenoxy) is 1. The third-order valence-electron chi connectivity index (χ3n) is 1.95. The van der Waals surface area contributed by atoms with Crippen molar-refractivity contribution in [3.8, 4) is 5.75 Å². The van der Waals surface area contributed by atoms with Crippen molar-refractivity contribution in [1.29, 1.82) is 0 Å². The average Bonchev–Trinajstić information content (AvgIpc) is 2.16. The molecule has 80 valence electrons. The Hall–Kier alpha value is -1.35. The van der Waals surface area contributed by atoms with Gasteiger partial charge in [0.15, 0.2) is 5.78 Å². The zero-order chi connectivity index (χ0) is 11.4. The van der Waals surface area contributed by atoms with Crippen molar-refractivity contribution in [2.45, 2.75) is 20.3 Å². The molecule has 0 aliphatic heterocycles. The van der Waals surface area contributed by atoms with E-state index in [0.717, 1.165) is 5.56 Å². The molecule has 4 heteroatoms. The van der Waals surface area contributed by atoms with E-state index in [1.54, 1.807) is 25.1 Å². The van der Waals surface area contributed by atoms with E-state index in [0.29, 0.717) is 12.0 Å². The first-order valence-electron chi connectivity index (χ1n) is 4.55. The largest absolute Gasteiger partial charge is 0.414 e. The first-order valence-corrected chi connectivity index (χ1v) is 4.93. The van der Waals surface area contributed by atoms with E-state index in [-0.39, 0.29) is 11.5 Å². The van der Waals surface area contributed by atoms with Crippen LogP contribution in [0.5, 0.6) is 5.75 Å². The van der Waals surface area contributed by atoms with Crippen LogP contribution in [0.3, 0.4) is 0 Å². The summed E-state index contributed by atoms with van der Waals surface area (Å²) < 4.78 is 4.75. The minimum Gasteiger partial charge on any atom is -0.414 e. The van der Waals surface area contributed by atoms with Crippen LogP contribution in [0.25, 0.3) is 0 Å². The van der Waals surface area contributed by atoms with Gasteiger partial charge in [-0.1, -0.05) is 13.0 Å². The lowest BCUT2D eigenvalue weighted by molar-refractivity contribution is 0.0986. The molecule has 1 aromatic rings. The van der Waals surface area contributed by atoms with E-state index < -0.39 is 5.43 Å². The van der Waals surface area contributed by atoms with Gasteiger partial charge >= 0.3 is 5.43 Å². The molecule has 0 bridgehead atoms. The molecule has 15 heavy (non-hydrogen) atoms. The molecule has 0 aliphatic rings. The normalized spacial score (nSPS) is 9.80. The summed E-state index contributed by atoms with van der Waals surface area (Å²) in [6, 6.07) is 5.04. The summed E-state index contributed by atoms with van der Waals surface area (Å²) in [4.78, 5) is 22.1. The lowest BCUT2D eigenvalue weighted by atomic mass is 10.1. The number of carbonyl (C=O) groups excluding carboxylic acids is 2. The molecular weight excluding hydrogens is 216 g/mol. The van der Waals surface area contributed by atoms with Crippen molar-refractivity contribution in [2.75, 3.05) is 0 Å². The van der Waals surface area contributed by atoms with Crippen LogP contribution in [0.4, 0.5) is 4.79 Å². The molecule has 0 unspecified atom stereocenters. The van der Waals surface area contributed by atoms with Crippen LogP contribution in [-0.2, 0) is 0 Å². The summed E-state index contributed by atoms with van der Waals surface area (Å²) in [6.45, 7) is 3.58. The second-order valence-electron chi connectivity index (χ2n) is 3.12. The summed E-state index contributed by atoms with van der Waals surface area (Å²) in [5.74, 6) is 0.143. The molecular formula is C11H11ClO3. The molecule has 0 saturated carbocycles. The van der Waals surface area contributed by atoms with Crippen molar-refractivity contribution in [3.63, 3.8) is 0 Å². The van der Waals surface area contributed by atoms with Gasteiger partial charge in [-0.15, -0.1) is 0 Å². The SMILES string of the molecule is CCC(=O)c1ccc(C)cc1OC(=O)Cl. The summed E-state index contributed by atoms with van der Waals surface area (Å²) in [5.41, 5.74) is 0.346. The lowest BCUT2D eigenvalue weighted by Gasteiger charge is -2.07. The van der Waals surface area contributed by atoms with Crippen LogP contribution in [-0.4, -0.2) is 11.2 Å². The van der Waals surface area contributed by atoms with Crippen LogP contribution in [0.15, 0.2) is 18.2 Å². The molecule has 1 aromatic carbocycles. The van der Waals surface area contributed by atoms with Gasteiger partial charge in [-0.25, -0.2) is 4.79 Å². The van der Waals surface area contributed by atoms with E-state index >= 15 is 0 Å². The van der Waals surface area contributed by atoms with Gasteiger partial charge in [0, 0.05) is 18.0 Å². The molecule has 0 spiro atoms. The Bertz CT molecular complexity index is 399. The number of rotatable bonds is 3. The molecule has 0 fully saturated rings. The van der Waals surface area contributed by atoms with Gasteiger partial charge in [-0.05, 0) is 24.6 Å². The number of halogens is 1. The number of aryl methyl sites for hydroxylation is 1. The topological polar surface area (TPSA) is 43.4 Å². The molecule has 0 aliphatic carbocycles. The van der Waals surface area contributed by atoms with Gasteiger partial charge in [0.05, 0.1) is 5.56 Å². The van der Waals surface area contributed by atoms with E-state index in [1.165, 1.54) is 0 Å². The maximum absolute atomic E-state index is 11.5. The Morgan fingerprint density at radius 3 is 2.60 bits per heavy atom. The first kappa shape index (κ1) is 11.7. The molecule has 0 amide bonds. The minimum absolute atomic E-state index is 0.0806. The van der Waals surface area contributed by atoms with Crippen molar-refractivity contribution < 1.29 is 14.3 Å². The van der Waals surface area contributed by atoms with Crippen molar-refractivity contribution in [2.24, 2.45) is 0 Å². The highest BCUT2D eigenvalue weighted by Crippen LogP contribution is 2.22. The minimum atomic E-state index is -0.939. The predicted octanol–water partition coefficient (Wildman–Crippen LogP) is 3.33. The van der Waals surface area contributed by atoms with Crippen LogP contribution >= 0.6 is 11.6 Å². The van der Waals surface area contributed by atoms with Crippen LogP contribution < -0.4 is 4.74 Å². The molecule has 0 aromatic heterocycles. The van der Waals surface area contributed by atoms with Gasteiger partial charge < -0.3 is 4.74 Å². The second-order valence-corrected chi connectivity index (χ2v) is 3.42. The third kappa shape index (κ3) is 3.06. The monoisotopic (exact) mass is 226 g/mol. The van der Waals surface area contributed by atoms with Crippen molar-refractivity contribution >= 4 is 22.8 Å². The van der Waals surface area contributed by atoms with Crippen LogP contribution in [0, 0.1) is 6.92 Å². The summed E-state index contributed by atoms with van der Waals surface area (Å²) >= 11 is 5.11. The molecule has 0 radical (unpaired) electrons. The number of Topliss-reactive ketones (excluding diaryl/α,β-unsaturated/α-hetero) is 1. The first-order chi connectivity index (χ1) is 7.04. The van der Waals surface area contributed by atoms with Gasteiger partial charge in [0.1, 0.15) is 5.75 Å². The van der Waals surface area contributed by atoms with Crippen LogP contribution in [0.1, 0.15) is 29.3 Å². The van der Waals surface area contributed by atoms with Gasteiger partial charge in [-0.2, -0.15) is 0 Å². The number of ketones is 1. The second kappa shape index (κ2) is 4.94. The summed E-state index contributed by atoms with van der Waals surface area (Å²) in [5, 5.41) is 0. The van der Waals surface area contributed by atoms with Crippen molar-refractivity contribution in [1.82, 2.24) is 0 Å². The van der Waals surface area contributed by atoms with Crippen LogP contribution in [0.2, 0.25) is 0 Å². The quantitative estimate of drug-likeness (QED) is 0.587. The third-order valence-corrected chi connectivity index (χ3v) is 2.03. The summed E-state index contributed by atoms with van der Waals surface area (Å²) in [7, 11) is 0. The summed E-state index contributed by atoms with van der Waals surface area (Å²) in [6.07, 6.45) is 0.357. The molecule has 0 N–H and O–H groups in total.